The number of aryl methyl sites for hydroxylation is 1. The van der Waals surface area contributed by atoms with Gasteiger partial charge < -0.3 is 20.0 Å². The van der Waals surface area contributed by atoms with Gasteiger partial charge >= 0.3 is 6.36 Å². The molecule has 0 saturated carbocycles. The minimum Gasteiger partial charge on any atom is -0.619 e. The lowest BCUT2D eigenvalue weighted by Gasteiger charge is -2.16. The summed E-state index contributed by atoms with van der Waals surface area (Å²) in [6, 6.07) is 8.72. The fourth-order valence-corrected chi connectivity index (χ4v) is 2.70. The Balaban J connectivity index is 1.92. The molecular weight excluding hydrogens is 420 g/mol. The molecule has 0 aliphatic carbocycles. The van der Waals surface area contributed by atoms with E-state index in [-0.39, 0.29) is 22.7 Å². The number of benzene rings is 2. The number of halogens is 4. The first-order valence-electron chi connectivity index (χ1n) is 8.87. The highest BCUT2D eigenvalue weighted by molar-refractivity contribution is 6.06. The van der Waals surface area contributed by atoms with Crippen molar-refractivity contribution in [3.8, 4) is 17.2 Å². The van der Waals surface area contributed by atoms with Crippen LogP contribution in [-0.2, 0) is 0 Å². The number of aromatic nitrogens is 1. The van der Waals surface area contributed by atoms with E-state index in [1.807, 2.05) is 0 Å². The Hall–Kier alpha value is -3.82. The van der Waals surface area contributed by atoms with Crippen molar-refractivity contribution in [1.29, 1.82) is 0 Å². The number of anilines is 1. The van der Waals surface area contributed by atoms with Crippen molar-refractivity contribution in [2.75, 3.05) is 5.32 Å². The number of pyridine rings is 1. The summed E-state index contributed by atoms with van der Waals surface area (Å²) in [7, 11) is 0. The van der Waals surface area contributed by atoms with Gasteiger partial charge in [0.2, 0.25) is 6.20 Å². The number of amides is 1. The number of alkyl halides is 3. The van der Waals surface area contributed by atoms with E-state index in [0.717, 1.165) is 18.3 Å². The lowest BCUT2D eigenvalue weighted by Crippen LogP contribution is -2.26. The Morgan fingerprint density at radius 1 is 1.10 bits per heavy atom. The second kappa shape index (κ2) is 8.50. The number of nitrogens with zero attached hydrogens (tertiary/aromatic N) is 1. The zero-order chi connectivity index (χ0) is 22.8. The van der Waals surface area contributed by atoms with E-state index in [9.17, 15) is 27.6 Å². The fraction of sp³-hybridized carbons (Fsp3) is 0.143. The lowest BCUT2D eigenvalue weighted by atomic mass is 10.0. The number of hydrogen-bond acceptors (Lipinski definition) is 4. The normalized spacial score (nSPS) is 11.2. The number of rotatable bonds is 5. The van der Waals surface area contributed by atoms with Gasteiger partial charge in [-0.05, 0) is 61.4 Å². The minimum atomic E-state index is -4.84. The summed E-state index contributed by atoms with van der Waals surface area (Å²) in [4.78, 5) is 12.7. The van der Waals surface area contributed by atoms with Crippen LogP contribution < -0.4 is 19.5 Å². The second-order valence-electron chi connectivity index (χ2n) is 6.53. The highest BCUT2D eigenvalue weighted by Crippen LogP contribution is 2.33. The third-order valence-corrected chi connectivity index (χ3v) is 4.28. The molecule has 0 bridgehead atoms. The topological polar surface area (TPSA) is 74.5 Å². The van der Waals surface area contributed by atoms with Crippen LogP contribution in [0.15, 0.2) is 54.9 Å². The van der Waals surface area contributed by atoms with Crippen molar-refractivity contribution in [3.05, 3.63) is 82.6 Å². The molecule has 31 heavy (non-hydrogen) atoms. The minimum absolute atomic E-state index is 0.0586. The van der Waals surface area contributed by atoms with E-state index in [4.69, 9.17) is 4.74 Å². The van der Waals surface area contributed by atoms with E-state index in [1.165, 1.54) is 43.5 Å². The summed E-state index contributed by atoms with van der Waals surface area (Å²) in [5.41, 5.74) is 0.441. The van der Waals surface area contributed by atoms with Crippen molar-refractivity contribution < 1.29 is 36.6 Å². The smallest absolute Gasteiger partial charge is 0.573 e. The van der Waals surface area contributed by atoms with Crippen molar-refractivity contribution in [2.45, 2.75) is 20.2 Å². The van der Waals surface area contributed by atoms with Gasteiger partial charge in [-0.2, -0.15) is 4.73 Å². The zero-order valence-electron chi connectivity index (χ0n) is 16.3. The van der Waals surface area contributed by atoms with E-state index in [1.54, 1.807) is 6.92 Å². The number of nitrogens with one attached hydrogen (secondary N) is 1. The molecular formula is C21H16F4N2O4. The molecule has 6 nitrogen and oxygen atoms in total. The van der Waals surface area contributed by atoms with Crippen LogP contribution in [0.25, 0.3) is 0 Å². The summed E-state index contributed by atoms with van der Waals surface area (Å²) in [6.07, 6.45) is -2.53. The standard InChI is InChI=1S/C21H16F4N2O4/c1-12-10-17(30-15-5-7-16(8-6-15)31-21(23,24)25)18(19(22)13(12)2)20(28)26-14-4-3-9-27(29)11-14/h3-11H,1-2H3,(H,26,28). The van der Waals surface area contributed by atoms with Crippen molar-refractivity contribution in [3.63, 3.8) is 0 Å². The molecule has 1 aromatic heterocycles. The predicted molar refractivity (Wildman–Crippen MR) is 102 cm³/mol. The Morgan fingerprint density at radius 3 is 2.35 bits per heavy atom. The number of carbonyl (C=O) groups is 1. The van der Waals surface area contributed by atoms with E-state index >= 15 is 0 Å². The molecule has 0 radical (unpaired) electrons. The van der Waals surface area contributed by atoms with Gasteiger partial charge in [-0.1, -0.05) is 0 Å². The van der Waals surface area contributed by atoms with Gasteiger partial charge in [-0.25, -0.2) is 4.39 Å². The van der Waals surface area contributed by atoms with Crippen LogP contribution in [0.5, 0.6) is 17.2 Å². The molecule has 3 rings (SSSR count). The molecule has 1 heterocycles. The Labute approximate surface area is 174 Å². The largest absolute Gasteiger partial charge is 0.619 e. The van der Waals surface area contributed by atoms with Gasteiger partial charge in [0.15, 0.2) is 6.20 Å². The maximum Gasteiger partial charge on any atom is 0.573 e. The first kappa shape index (κ1) is 21.9. The van der Waals surface area contributed by atoms with Gasteiger partial charge in [0.1, 0.15) is 34.3 Å². The highest BCUT2D eigenvalue weighted by Gasteiger charge is 2.31. The first-order chi connectivity index (χ1) is 14.5. The molecule has 0 spiro atoms. The predicted octanol–water partition coefficient (Wildman–Crippen LogP) is 5.02. The van der Waals surface area contributed by atoms with E-state index in [0.29, 0.717) is 10.3 Å². The van der Waals surface area contributed by atoms with Crippen LogP contribution in [0, 0.1) is 24.9 Å². The molecule has 2 aromatic carbocycles. The Kier molecular flexibility index (Phi) is 6.00. The average Bonchev–Trinajstić information content (AvgIpc) is 2.66. The molecule has 0 fully saturated rings. The van der Waals surface area contributed by atoms with Crippen LogP contribution in [0.1, 0.15) is 21.5 Å². The van der Waals surface area contributed by atoms with Crippen molar-refractivity contribution in [2.24, 2.45) is 0 Å². The van der Waals surface area contributed by atoms with Crippen LogP contribution >= 0.6 is 0 Å². The molecule has 0 saturated heterocycles. The highest BCUT2D eigenvalue weighted by atomic mass is 19.4. The molecule has 10 heteroatoms. The molecule has 0 aliphatic rings. The summed E-state index contributed by atoms with van der Waals surface area (Å²) >= 11 is 0. The third-order valence-electron chi connectivity index (χ3n) is 4.28. The van der Waals surface area contributed by atoms with E-state index < -0.39 is 29.4 Å². The Morgan fingerprint density at radius 2 is 1.74 bits per heavy atom. The monoisotopic (exact) mass is 436 g/mol. The summed E-state index contributed by atoms with van der Waals surface area (Å²) in [6.45, 7) is 3.10. The maximum atomic E-state index is 15.0. The number of hydrogen-bond donors (Lipinski definition) is 1. The number of ether oxygens (including phenoxy) is 2. The first-order valence-corrected chi connectivity index (χ1v) is 8.87. The third kappa shape index (κ3) is 5.41. The molecule has 0 unspecified atom stereocenters. The van der Waals surface area contributed by atoms with Gasteiger partial charge in [0, 0.05) is 6.07 Å². The summed E-state index contributed by atoms with van der Waals surface area (Å²) in [5.74, 6) is -2.23. The molecule has 0 aliphatic heterocycles. The van der Waals surface area contributed by atoms with Crippen LogP contribution in [0.3, 0.4) is 0 Å². The average molecular weight is 436 g/mol. The maximum absolute atomic E-state index is 15.0. The van der Waals surface area contributed by atoms with E-state index in [2.05, 4.69) is 10.1 Å². The summed E-state index contributed by atoms with van der Waals surface area (Å²) < 4.78 is 61.7. The molecule has 162 valence electrons. The molecule has 1 N–H and O–H groups in total. The lowest BCUT2D eigenvalue weighted by molar-refractivity contribution is -0.604. The summed E-state index contributed by atoms with van der Waals surface area (Å²) in [5, 5.41) is 13.8. The molecule has 1 amide bonds. The SMILES string of the molecule is Cc1cc(Oc2ccc(OC(F)(F)F)cc2)c(C(=O)Nc2ccc[n+]([O-])c2)c(F)c1C. The fourth-order valence-electron chi connectivity index (χ4n) is 2.70. The van der Waals surface area contributed by atoms with Gasteiger partial charge in [0.05, 0.1) is 0 Å². The zero-order valence-corrected chi connectivity index (χ0v) is 16.3. The van der Waals surface area contributed by atoms with Crippen LogP contribution in [0.2, 0.25) is 0 Å². The Bertz CT molecular complexity index is 1120. The van der Waals surface area contributed by atoms with Crippen LogP contribution in [0.4, 0.5) is 23.2 Å². The van der Waals surface area contributed by atoms with Crippen molar-refractivity contribution >= 4 is 11.6 Å². The van der Waals surface area contributed by atoms with Gasteiger partial charge in [-0.15, -0.1) is 13.2 Å². The van der Waals surface area contributed by atoms with Crippen LogP contribution in [-0.4, -0.2) is 12.3 Å². The second-order valence-corrected chi connectivity index (χ2v) is 6.53. The number of carbonyl (C=O) groups excluding carboxylic acids is 1. The van der Waals surface area contributed by atoms with Crippen molar-refractivity contribution in [1.82, 2.24) is 0 Å². The molecule has 0 atom stereocenters. The van der Waals surface area contributed by atoms with Gasteiger partial charge in [-0.3, -0.25) is 4.79 Å². The van der Waals surface area contributed by atoms with Gasteiger partial charge in [0.25, 0.3) is 5.91 Å². The quantitative estimate of drug-likeness (QED) is 0.346. The molecule has 3 aromatic rings.